The number of carbonyl (C=O) groups excluding carboxylic acids is 1. The number of hydrogen-bond acceptors (Lipinski definition) is 7. The van der Waals surface area contributed by atoms with E-state index in [1.165, 1.54) is 5.69 Å². The Balaban J connectivity index is 1.24. The normalized spacial score (nSPS) is 13.9. The molecule has 0 amide bonds. The van der Waals surface area contributed by atoms with Crippen molar-refractivity contribution in [3.63, 3.8) is 0 Å². The molecule has 0 unspecified atom stereocenters. The van der Waals surface area contributed by atoms with Gasteiger partial charge in [0, 0.05) is 43.4 Å². The largest absolute Gasteiger partial charge is 0.323 e. The number of nitrogens with zero attached hydrogens (tertiary/aromatic N) is 7. The summed E-state index contributed by atoms with van der Waals surface area (Å²) in [5, 5.41) is 12.4. The second-order valence-corrected chi connectivity index (χ2v) is 10.9. The summed E-state index contributed by atoms with van der Waals surface area (Å²) < 4.78 is 3.91. The lowest BCUT2D eigenvalue weighted by Gasteiger charge is -2.25. The molecule has 5 rings (SSSR count). The summed E-state index contributed by atoms with van der Waals surface area (Å²) in [5.74, 6) is 1.62. The number of rotatable bonds is 8. The molecule has 1 aliphatic heterocycles. The number of anilines is 2. The summed E-state index contributed by atoms with van der Waals surface area (Å²) in [5.41, 5.74) is 5.87. The first kappa shape index (κ1) is 25.8. The number of aromatic nitrogens is 6. The van der Waals surface area contributed by atoms with Crippen molar-refractivity contribution in [3.8, 4) is 11.3 Å². The van der Waals surface area contributed by atoms with Crippen LogP contribution in [-0.2, 0) is 25.0 Å². The molecule has 1 N–H and O–H groups in total. The molecule has 0 radical (unpaired) electrons. The highest BCUT2D eigenvalue weighted by molar-refractivity contribution is 5.95. The SMILES string of the molecule is CCN1CCn2nc(Nc3cc(-c4ccc(CCC(=O)c5cnn(C(C)(C)C)c5)c(C)c4)ncn3)cc2C1. The first-order valence-electron chi connectivity index (χ1n) is 13.3. The molecule has 0 saturated carbocycles. The van der Waals surface area contributed by atoms with Crippen LogP contribution in [0.2, 0.25) is 0 Å². The number of aryl methyl sites for hydroxylation is 2. The van der Waals surface area contributed by atoms with Crippen LogP contribution >= 0.6 is 0 Å². The molecule has 9 heteroatoms. The van der Waals surface area contributed by atoms with Crippen molar-refractivity contribution in [2.45, 2.75) is 66.1 Å². The molecule has 1 aliphatic rings. The molecular formula is C29H36N8O. The van der Waals surface area contributed by atoms with E-state index in [1.807, 2.05) is 16.9 Å². The zero-order valence-corrected chi connectivity index (χ0v) is 22.9. The second kappa shape index (κ2) is 10.5. The van der Waals surface area contributed by atoms with Crippen LogP contribution in [0.15, 0.2) is 49.1 Å². The third-order valence-corrected chi connectivity index (χ3v) is 7.10. The molecule has 3 aromatic heterocycles. The Morgan fingerprint density at radius 1 is 1.08 bits per heavy atom. The van der Waals surface area contributed by atoms with Crippen LogP contribution in [0, 0.1) is 6.92 Å². The van der Waals surface area contributed by atoms with Crippen LogP contribution in [0.5, 0.6) is 0 Å². The molecule has 4 aromatic rings. The van der Waals surface area contributed by atoms with Crippen molar-refractivity contribution in [1.82, 2.24) is 34.4 Å². The molecule has 9 nitrogen and oxygen atoms in total. The van der Waals surface area contributed by atoms with Gasteiger partial charge in [-0.05, 0) is 57.9 Å². The summed E-state index contributed by atoms with van der Waals surface area (Å²) >= 11 is 0. The minimum absolute atomic E-state index is 0.110. The Morgan fingerprint density at radius 2 is 1.92 bits per heavy atom. The fraction of sp³-hybridized carbons (Fsp3) is 0.414. The second-order valence-electron chi connectivity index (χ2n) is 10.9. The Morgan fingerprint density at radius 3 is 2.66 bits per heavy atom. The Bertz CT molecular complexity index is 1450. The lowest BCUT2D eigenvalue weighted by atomic mass is 9.98. The van der Waals surface area contributed by atoms with Gasteiger partial charge in [0.05, 0.1) is 35.2 Å². The fourth-order valence-corrected chi connectivity index (χ4v) is 4.73. The lowest BCUT2D eigenvalue weighted by Crippen LogP contribution is -2.33. The maximum absolute atomic E-state index is 12.8. The van der Waals surface area contributed by atoms with E-state index in [2.05, 4.69) is 88.8 Å². The zero-order chi connectivity index (χ0) is 26.9. The van der Waals surface area contributed by atoms with Crippen LogP contribution in [0.1, 0.15) is 61.3 Å². The van der Waals surface area contributed by atoms with Crippen molar-refractivity contribution >= 4 is 17.4 Å². The molecule has 0 spiro atoms. The van der Waals surface area contributed by atoms with Gasteiger partial charge in [-0.15, -0.1) is 0 Å². The molecule has 198 valence electrons. The molecule has 4 heterocycles. The van der Waals surface area contributed by atoms with Crippen molar-refractivity contribution < 1.29 is 4.79 Å². The highest BCUT2D eigenvalue weighted by atomic mass is 16.1. The average Bonchev–Trinajstić information content (AvgIpc) is 3.55. The fourth-order valence-electron chi connectivity index (χ4n) is 4.73. The molecular weight excluding hydrogens is 476 g/mol. The minimum Gasteiger partial charge on any atom is -0.323 e. The van der Waals surface area contributed by atoms with Gasteiger partial charge in [-0.2, -0.15) is 10.2 Å². The van der Waals surface area contributed by atoms with E-state index in [0.29, 0.717) is 24.2 Å². The Kier molecular flexibility index (Phi) is 7.12. The lowest BCUT2D eigenvalue weighted by molar-refractivity contribution is 0.0982. The number of carbonyl (C=O) groups is 1. The van der Waals surface area contributed by atoms with Crippen LogP contribution in [0.25, 0.3) is 11.3 Å². The van der Waals surface area contributed by atoms with Crippen molar-refractivity contribution in [2.75, 3.05) is 18.4 Å². The van der Waals surface area contributed by atoms with Crippen molar-refractivity contribution in [2.24, 2.45) is 0 Å². The van der Waals surface area contributed by atoms with E-state index in [1.54, 1.807) is 12.5 Å². The summed E-state index contributed by atoms with van der Waals surface area (Å²) in [7, 11) is 0. The van der Waals surface area contributed by atoms with Gasteiger partial charge in [0.15, 0.2) is 11.6 Å². The molecule has 0 aliphatic carbocycles. The molecule has 1 aromatic carbocycles. The van der Waals surface area contributed by atoms with Gasteiger partial charge in [0.2, 0.25) is 0 Å². The quantitative estimate of drug-likeness (QED) is 0.332. The number of benzene rings is 1. The topological polar surface area (TPSA) is 93.8 Å². The van der Waals surface area contributed by atoms with Crippen LogP contribution in [-0.4, -0.2) is 53.3 Å². The maximum Gasteiger partial charge on any atom is 0.166 e. The Labute approximate surface area is 223 Å². The molecule has 0 atom stereocenters. The van der Waals surface area contributed by atoms with E-state index in [4.69, 9.17) is 5.10 Å². The Hall–Kier alpha value is -3.85. The molecule has 0 fully saturated rings. The number of nitrogens with one attached hydrogen (secondary N) is 1. The van der Waals surface area contributed by atoms with E-state index in [0.717, 1.165) is 54.4 Å². The number of likely N-dealkylation sites (N-methyl/N-ethyl adjacent to an activating group) is 1. The van der Waals surface area contributed by atoms with Crippen LogP contribution in [0.3, 0.4) is 0 Å². The van der Waals surface area contributed by atoms with Gasteiger partial charge in [0.25, 0.3) is 0 Å². The van der Waals surface area contributed by atoms with E-state index in [9.17, 15) is 4.79 Å². The molecule has 0 bridgehead atoms. The van der Waals surface area contributed by atoms with Gasteiger partial charge in [0.1, 0.15) is 12.1 Å². The number of ketones is 1. The summed E-state index contributed by atoms with van der Waals surface area (Å²) in [4.78, 5) is 24.1. The predicted octanol–water partition coefficient (Wildman–Crippen LogP) is 4.99. The van der Waals surface area contributed by atoms with Gasteiger partial charge >= 0.3 is 0 Å². The van der Waals surface area contributed by atoms with Crippen LogP contribution < -0.4 is 5.32 Å². The predicted molar refractivity (Wildman–Crippen MR) is 149 cm³/mol. The number of hydrogen-bond donors (Lipinski definition) is 1. The smallest absolute Gasteiger partial charge is 0.166 e. The monoisotopic (exact) mass is 512 g/mol. The average molecular weight is 513 g/mol. The number of fused-ring (bicyclic) bond motifs is 1. The van der Waals surface area contributed by atoms with E-state index < -0.39 is 0 Å². The van der Waals surface area contributed by atoms with E-state index in [-0.39, 0.29) is 11.3 Å². The van der Waals surface area contributed by atoms with Crippen molar-refractivity contribution in [1.29, 1.82) is 0 Å². The first-order valence-corrected chi connectivity index (χ1v) is 13.3. The number of Topliss-reactive ketones (excluding diaryl/α,β-unsaturated/α-hetero) is 1. The van der Waals surface area contributed by atoms with Gasteiger partial charge < -0.3 is 5.32 Å². The zero-order valence-electron chi connectivity index (χ0n) is 22.9. The highest BCUT2D eigenvalue weighted by Crippen LogP contribution is 2.25. The first-order chi connectivity index (χ1) is 18.2. The third kappa shape index (κ3) is 5.67. The van der Waals surface area contributed by atoms with Crippen molar-refractivity contribution in [3.05, 3.63) is 71.4 Å². The summed E-state index contributed by atoms with van der Waals surface area (Å²) in [6, 6.07) is 10.3. The summed E-state index contributed by atoms with van der Waals surface area (Å²) in [6.45, 7) is 14.4. The standard InChI is InChI=1S/C29H36N8O/c1-6-35-11-12-36-24(18-35)14-28(34-36)33-27-15-25(30-19-31-27)22-8-7-21(20(2)13-22)9-10-26(38)23-16-32-37(17-23)29(3,4)5/h7-8,13-17,19H,6,9-12,18H2,1-5H3,(H,30,31,33,34). The molecule has 0 saturated heterocycles. The van der Waals surface area contributed by atoms with Gasteiger partial charge in [-0.3, -0.25) is 19.1 Å². The third-order valence-electron chi connectivity index (χ3n) is 7.10. The van der Waals surface area contributed by atoms with E-state index >= 15 is 0 Å². The molecule has 38 heavy (non-hydrogen) atoms. The van der Waals surface area contributed by atoms with Gasteiger partial charge in [-0.25, -0.2) is 9.97 Å². The summed E-state index contributed by atoms with van der Waals surface area (Å²) in [6.07, 6.45) is 6.22. The van der Waals surface area contributed by atoms with Crippen LogP contribution in [0.4, 0.5) is 11.6 Å². The highest BCUT2D eigenvalue weighted by Gasteiger charge is 2.18. The minimum atomic E-state index is -0.143. The van der Waals surface area contributed by atoms with Gasteiger partial charge in [-0.1, -0.05) is 19.1 Å². The maximum atomic E-state index is 12.8.